The van der Waals surface area contributed by atoms with Crippen LogP contribution in [0.5, 0.6) is 0 Å². The Morgan fingerprint density at radius 2 is 2.17 bits per heavy atom. The van der Waals surface area contributed by atoms with Crippen LogP contribution in [-0.4, -0.2) is 49.7 Å². The van der Waals surface area contributed by atoms with Gasteiger partial charge < -0.3 is 9.64 Å². The molecule has 0 aliphatic carbocycles. The van der Waals surface area contributed by atoms with Gasteiger partial charge >= 0.3 is 0 Å². The Labute approximate surface area is 109 Å². The molecule has 0 bridgehead atoms. The van der Waals surface area contributed by atoms with E-state index in [2.05, 4.69) is 35.0 Å². The second kappa shape index (κ2) is 5.00. The van der Waals surface area contributed by atoms with Crippen molar-refractivity contribution in [1.29, 1.82) is 0 Å². The molecule has 0 atom stereocenters. The lowest BCUT2D eigenvalue weighted by molar-refractivity contribution is -0.0335. The first-order valence-corrected chi connectivity index (χ1v) is 6.79. The highest BCUT2D eigenvalue weighted by atomic mass is 16.5. The lowest BCUT2D eigenvalue weighted by Crippen LogP contribution is -2.51. The quantitative estimate of drug-likeness (QED) is 0.804. The fourth-order valence-corrected chi connectivity index (χ4v) is 3.02. The second-order valence-corrected chi connectivity index (χ2v) is 5.59. The number of ether oxygens (including phenoxy) is 1. The average Bonchev–Trinajstić information content (AvgIpc) is 2.32. The smallest absolute Gasteiger partial charge is 0.0825 e. The van der Waals surface area contributed by atoms with E-state index in [0.29, 0.717) is 6.10 Å². The SMILES string of the molecule is COC1CN(Cc2cccc3c2CCN(C)C3)C1. The van der Waals surface area contributed by atoms with Crippen molar-refractivity contribution in [3.8, 4) is 0 Å². The van der Waals surface area contributed by atoms with Crippen molar-refractivity contribution in [3.63, 3.8) is 0 Å². The second-order valence-electron chi connectivity index (χ2n) is 5.59. The molecule has 3 heteroatoms. The van der Waals surface area contributed by atoms with Gasteiger partial charge in [0.2, 0.25) is 0 Å². The van der Waals surface area contributed by atoms with Crippen LogP contribution in [0.25, 0.3) is 0 Å². The zero-order valence-corrected chi connectivity index (χ0v) is 11.4. The van der Waals surface area contributed by atoms with Crippen LogP contribution in [0.2, 0.25) is 0 Å². The zero-order valence-electron chi connectivity index (χ0n) is 11.4. The van der Waals surface area contributed by atoms with E-state index in [9.17, 15) is 0 Å². The molecule has 3 nitrogen and oxygen atoms in total. The van der Waals surface area contributed by atoms with E-state index in [1.165, 1.54) is 24.1 Å². The number of likely N-dealkylation sites (tertiary alicyclic amines) is 1. The molecule has 1 aromatic rings. The third kappa shape index (κ3) is 2.30. The van der Waals surface area contributed by atoms with E-state index in [-0.39, 0.29) is 0 Å². The van der Waals surface area contributed by atoms with Crippen LogP contribution in [0.15, 0.2) is 18.2 Å². The summed E-state index contributed by atoms with van der Waals surface area (Å²) in [5, 5.41) is 0. The lowest BCUT2D eigenvalue weighted by Gasteiger charge is -2.39. The summed E-state index contributed by atoms with van der Waals surface area (Å²) in [4.78, 5) is 4.87. The van der Waals surface area contributed by atoms with Gasteiger partial charge in [-0.25, -0.2) is 0 Å². The number of methoxy groups -OCH3 is 1. The molecule has 0 aromatic heterocycles. The summed E-state index contributed by atoms with van der Waals surface area (Å²) in [6.45, 7) is 5.54. The summed E-state index contributed by atoms with van der Waals surface area (Å²) in [6.07, 6.45) is 1.65. The van der Waals surface area contributed by atoms with Crippen molar-refractivity contribution in [3.05, 3.63) is 34.9 Å². The molecule has 1 saturated heterocycles. The van der Waals surface area contributed by atoms with Crippen LogP contribution >= 0.6 is 0 Å². The normalized spacial score (nSPS) is 21.7. The highest BCUT2D eigenvalue weighted by Crippen LogP contribution is 2.24. The Kier molecular flexibility index (Phi) is 3.37. The molecular weight excluding hydrogens is 224 g/mol. The Morgan fingerprint density at radius 3 is 2.94 bits per heavy atom. The molecule has 2 aliphatic rings. The van der Waals surface area contributed by atoms with Crippen molar-refractivity contribution < 1.29 is 4.74 Å². The van der Waals surface area contributed by atoms with Crippen LogP contribution < -0.4 is 0 Å². The summed E-state index contributed by atoms with van der Waals surface area (Å²) in [7, 11) is 4.01. The number of hydrogen-bond donors (Lipinski definition) is 0. The van der Waals surface area contributed by atoms with Gasteiger partial charge in [-0.1, -0.05) is 18.2 Å². The number of likely N-dealkylation sites (N-methyl/N-ethyl adjacent to an activating group) is 1. The van der Waals surface area contributed by atoms with E-state index in [4.69, 9.17) is 4.74 Å². The fourth-order valence-electron chi connectivity index (χ4n) is 3.02. The van der Waals surface area contributed by atoms with Gasteiger partial charge in [-0.3, -0.25) is 4.90 Å². The maximum atomic E-state index is 5.33. The molecule has 0 radical (unpaired) electrons. The lowest BCUT2D eigenvalue weighted by atomic mass is 9.94. The van der Waals surface area contributed by atoms with Gasteiger partial charge in [-0.05, 0) is 30.2 Å². The van der Waals surface area contributed by atoms with Crippen LogP contribution in [0, 0.1) is 0 Å². The summed E-state index contributed by atoms with van der Waals surface area (Å²) in [6, 6.07) is 6.79. The molecule has 3 rings (SSSR count). The van der Waals surface area contributed by atoms with Crippen molar-refractivity contribution in [1.82, 2.24) is 9.80 Å². The van der Waals surface area contributed by atoms with Crippen LogP contribution in [0.3, 0.4) is 0 Å². The molecule has 0 amide bonds. The van der Waals surface area contributed by atoms with Gasteiger partial charge in [0.15, 0.2) is 0 Å². The Bertz CT molecular complexity index is 427. The predicted octanol–water partition coefficient (Wildman–Crippen LogP) is 1.51. The molecule has 0 spiro atoms. The number of fused-ring (bicyclic) bond motifs is 1. The topological polar surface area (TPSA) is 15.7 Å². The van der Waals surface area contributed by atoms with Gasteiger partial charge in [0, 0.05) is 39.8 Å². The standard InChI is InChI=1S/C15H22N2O/c1-16-7-6-15-12(8-16)4-3-5-13(15)9-17-10-14(11-17)18-2/h3-5,14H,6-11H2,1-2H3. The van der Waals surface area contributed by atoms with Crippen molar-refractivity contribution >= 4 is 0 Å². The van der Waals surface area contributed by atoms with Crippen molar-refractivity contribution in [2.75, 3.05) is 33.8 Å². The number of rotatable bonds is 3. The maximum absolute atomic E-state index is 5.33. The van der Waals surface area contributed by atoms with Crippen LogP contribution in [0.1, 0.15) is 16.7 Å². The van der Waals surface area contributed by atoms with E-state index < -0.39 is 0 Å². The van der Waals surface area contributed by atoms with E-state index in [1.807, 2.05) is 7.11 Å². The molecule has 2 heterocycles. The summed E-state index contributed by atoms with van der Waals surface area (Å²) in [5.74, 6) is 0. The molecule has 1 aromatic carbocycles. The van der Waals surface area contributed by atoms with E-state index >= 15 is 0 Å². The zero-order chi connectivity index (χ0) is 12.5. The van der Waals surface area contributed by atoms with Gasteiger partial charge in [0.25, 0.3) is 0 Å². The Morgan fingerprint density at radius 1 is 1.33 bits per heavy atom. The van der Waals surface area contributed by atoms with E-state index in [0.717, 1.165) is 26.2 Å². The monoisotopic (exact) mass is 246 g/mol. The van der Waals surface area contributed by atoms with Crippen LogP contribution in [0.4, 0.5) is 0 Å². The molecule has 0 saturated carbocycles. The van der Waals surface area contributed by atoms with Gasteiger partial charge in [0.1, 0.15) is 0 Å². The number of benzene rings is 1. The molecule has 2 aliphatic heterocycles. The third-order valence-electron chi connectivity index (χ3n) is 4.20. The van der Waals surface area contributed by atoms with Gasteiger partial charge in [-0.2, -0.15) is 0 Å². The number of hydrogen-bond acceptors (Lipinski definition) is 3. The van der Waals surface area contributed by atoms with Crippen molar-refractivity contribution in [2.45, 2.75) is 25.6 Å². The maximum Gasteiger partial charge on any atom is 0.0825 e. The van der Waals surface area contributed by atoms with E-state index in [1.54, 1.807) is 5.56 Å². The molecule has 0 N–H and O–H groups in total. The highest BCUT2D eigenvalue weighted by Gasteiger charge is 2.27. The first-order chi connectivity index (χ1) is 8.76. The Balaban J connectivity index is 1.71. The third-order valence-corrected chi connectivity index (χ3v) is 4.20. The summed E-state index contributed by atoms with van der Waals surface area (Å²) in [5.41, 5.74) is 4.64. The molecule has 98 valence electrons. The van der Waals surface area contributed by atoms with Crippen molar-refractivity contribution in [2.24, 2.45) is 0 Å². The summed E-state index contributed by atoms with van der Waals surface area (Å²) < 4.78 is 5.33. The first kappa shape index (κ1) is 12.2. The van der Waals surface area contributed by atoms with Gasteiger partial charge in [-0.15, -0.1) is 0 Å². The first-order valence-electron chi connectivity index (χ1n) is 6.79. The molecule has 0 unspecified atom stereocenters. The Hall–Kier alpha value is -0.900. The average molecular weight is 246 g/mol. The minimum atomic E-state index is 0.454. The predicted molar refractivity (Wildman–Crippen MR) is 72.6 cm³/mol. The highest BCUT2D eigenvalue weighted by molar-refractivity contribution is 5.37. The minimum absolute atomic E-state index is 0.454. The largest absolute Gasteiger partial charge is 0.379 e. The molecule has 1 fully saturated rings. The summed E-state index contributed by atoms with van der Waals surface area (Å²) >= 11 is 0. The minimum Gasteiger partial charge on any atom is -0.379 e. The van der Waals surface area contributed by atoms with Crippen LogP contribution in [-0.2, 0) is 24.2 Å². The number of nitrogens with zero attached hydrogens (tertiary/aromatic N) is 2. The molecular formula is C15H22N2O. The fraction of sp³-hybridized carbons (Fsp3) is 0.600. The molecule has 18 heavy (non-hydrogen) atoms. The van der Waals surface area contributed by atoms with Gasteiger partial charge in [0.05, 0.1) is 6.10 Å².